The third-order valence-corrected chi connectivity index (χ3v) is 3.39. The summed E-state index contributed by atoms with van der Waals surface area (Å²) in [6.45, 7) is 2.35. The molecule has 2 aromatic rings. The minimum absolute atomic E-state index is 0.302. The van der Waals surface area contributed by atoms with E-state index >= 15 is 0 Å². The molecule has 1 aromatic carbocycles. The Morgan fingerprint density at radius 3 is 2.95 bits per heavy atom. The van der Waals surface area contributed by atoms with Crippen LogP contribution in [0.4, 0.5) is 0 Å². The molecule has 0 aliphatic carbocycles. The van der Waals surface area contributed by atoms with Gasteiger partial charge in [0.2, 0.25) is 5.88 Å². The van der Waals surface area contributed by atoms with Crippen LogP contribution in [0.5, 0.6) is 11.6 Å². The molecule has 1 unspecified atom stereocenters. The number of hydrogen-bond donors (Lipinski definition) is 0. The van der Waals surface area contributed by atoms with Gasteiger partial charge in [0.1, 0.15) is 18.5 Å². The average Bonchev–Trinajstić information content (AvgIpc) is 2.54. The number of nitrogens with zero attached hydrogens (tertiary/aromatic N) is 1. The largest absolute Gasteiger partial charge is 0.491 e. The molecular formula is C17H17NO4. The molecule has 114 valence electrons. The van der Waals surface area contributed by atoms with Crippen LogP contribution in [0.15, 0.2) is 42.6 Å². The Labute approximate surface area is 128 Å². The highest BCUT2D eigenvalue weighted by Crippen LogP contribution is 2.35. The molecule has 0 bridgehead atoms. The van der Waals surface area contributed by atoms with Crippen molar-refractivity contribution in [3.63, 3.8) is 0 Å². The van der Waals surface area contributed by atoms with Crippen molar-refractivity contribution in [2.45, 2.75) is 26.1 Å². The predicted molar refractivity (Wildman–Crippen MR) is 79.6 cm³/mol. The summed E-state index contributed by atoms with van der Waals surface area (Å²) in [6, 6.07) is 11.6. The smallest absolute Gasteiger partial charge is 0.303 e. The second kappa shape index (κ2) is 6.47. The summed E-state index contributed by atoms with van der Waals surface area (Å²) < 4.78 is 16.6. The van der Waals surface area contributed by atoms with Crippen LogP contribution < -0.4 is 9.47 Å². The van der Waals surface area contributed by atoms with Gasteiger partial charge in [0.05, 0.1) is 12.8 Å². The maximum atomic E-state index is 11.2. The SMILES string of the molecule is CC(=O)OC1CCOc2cnc(OCc3ccccc3)cc21. The molecule has 0 fully saturated rings. The lowest BCUT2D eigenvalue weighted by atomic mass is 10.1. The van der Waals surface area contributed by atoms with E-state index in [1.54, 1.807) is 12.3 Å². The molecule has 3 rings (SSSR count). The van der Waals surface area contributed by atoms with Crippen LogP contribution in [0.1, 0.15) is 30.6 Å². The van der Waals surface area contributed by atoms with Crippen molar-refractivity contribution in [2.75, 3.05) is 6.61 Å². The molecule has 1 aliphatic heterocycles. The number of ether oxygens (including phenoxy) is 3. The molecule has 5 heteroatoms. The van der Waals surface area contributed by atoms with Crippen molar-refractivity contribution in [1.29, 1.82) is 0 Å². The topological polar surface area (TPSA) is 57.7 Å². The third-order valence-electron chi connectivity index (χ3n) is 3.39. The molecule has 0 amide bonds. The minimum atomic E-state index is -0.304. The lowest BCUT2D eigenvalue weighted by Gasteiger charge is -2.25. The van der Waals surface area contributed by atoms with Crippen molar-refractivity contribution in [3.8, 4) is 11.6 Å². The maximum absolute atomic E-state index is 11.2. The molecule has 1 aromatic heterocycles. The zero-order valence-electron chi connectivity index (χ0n) is 12.3. The first kappa shape index (κ1) is 14.4. The second-order valence-electron chi connectivity index (χ2n) is 5.07. The molecule has 22 heavy (non-hydrogen) atoms. The molecule has 0 spiro atoms. The highest BCUT2D eigenvalue weighted by Gasteiger charge is 2.25. The first-order valence-corrected chi connectivity index (χ1v) is 7.19. The number of rotatable bonds is 4. The fourth-order valence-corrected chi connectivity index (χ4v) is 2.38. The van der Waals surface area contributed by atoms with Gasteiger partial charge in [-0.15, -0.1) is 0 Å². The number of carbonyl (C=O) groups excluding carboxylic acids is 1. The van der Waals surface area contributed by atoms with Gasteiger partial charge in [-0.2, -0.15) is 0 Å². The van der Waals surface area contributed by atoms with E-state index in [2.05, 4.69) is 4.98 Å². The molecule has 0 N–H and O–H groups in total. The predicted octanol–water partition coefficient (Wildman–Crippen LogP) is 3.05. The van der Waals surface area contributed by atoms with Crippen LogP contribution in [0.25, 0.3) is 0 Å². The van der Waals surface area contributed by atoms with Gasteiger partial charge in [-0.3, -0.25) is 4.79 Å². The monoisotopic (exact) mass is 299 g/mol. The molecule has 1 aliphatic rings. The lowest BCUT2D eigenvalue weighted by Crippen LogP contribution is -2.18. The van der Waals surface area contributed by atoms with Crippen LogP contribution in [0.3, 0.4) is 0 Å². The molecule has 1 atom stereocenters. The first-order chi connectivity index (χ1) is 10.7. The van der Waals surface area contributed by atoms with Gasteiger partial charge < -0.3 is 14.2 Å². The summed E-state index contributed by atoms with van der Waals surface area (Å²) in [5.41, 5.74) is 1.87. The van der Waals surface area contributed by atoms with Gasteiger partial charge in [0, 0.05) is 25.0 Å². The Balaban J connectivity index is 1.75. The average molecular weight is 299 g/mol. The number of hydrogen-bond acceptors (Lipinski definition) is 5. The van der Waals surface area contributed by atoms with Gasteiger partial charge in [0.25, 0.3) is 0 Å². The number of benzene rings is 1. The van der Waals surface area contributed by atoms with E-state index in [0.29, 0.717) is 31.3 Å². The third kappa shape index (κ3) is 3.36. The quantitative estimate of drug-likeness (QED) is 0.812. The van der Waals surface area contributed by atoms with Crippen molar-refractivity contribution in [1.82, 2.24) is 4.98 Å². The molecule has 2 heterocycles. The standard InChI is InChI=1S/C17H17NO4/c1-12(19)22-15-7-8-20-16-10-18-17(9-14(15)16)21-11-13-5-3-2-4-6-13/h2-6,9-10,15H,7-8,11H2,1H3. The molecular weight excluding hydrogens is 282 g/mol. The molecule has 5 nitrogen and oxygen atoms in total. The highest BCUT2D eigenvalue weighted by molar-refractivity contribution is 5.66. The molecule has 0 radical (unpaired) electrons. The van der Waals surface area contributed by atoms with Crippen LogP contribution in [0, 0.1) is 0 Å². The molecule has 0 saturated heterocycles. The summed E-state index contributed by atoms with van der Waals surface area (Å²) >= 11 is 0. The number of aromatic nitrogens is 1. The Hall–Kier alpha value is -2.56. The lowest BCUT2D eigenvalue weighted by molar-refractivity contribution is -0.148. The summed E-state index contributed by atoms with van der Waals surface area (Å²) in [6.07, 6.45) is 1.95. The van der Waals surface area contributed by atoms with Crippen LogP contribution in [0.2, 0.25) is 0 Å². The fourth-order valence-electron chi connectivity index (χ4n) is 2.38. The zero-order valence-corrected chi connectivity index (χ0v) is 12.3. The molecule has 0 saturated carbocycles. The van der Waals surface area contributed by atoms with E-state index in [0.717, 1.165) is 11.1 Å². The summed E-state index contributed by atoms with van der Waals surface area (Å²) in [7, 11) is 0. The fraction of sp³-hybridized carbons (Fsp3) is 0.294. The Bertz CT molecular complexity index is 657. The van der Waals surface area contributed by atoms with E-state index < -0.39 is 0 Å². The summed E-state index contributed by atoms with van der Waals surface area (Å²) in [5.74, 6) is 0.830. The van der Waals surface area contributed by atoms with Gasteiger partial charge in [0.15, 0.2) is 0 Å². The number of pyridine rings is 1. The zero-order chi connectivity index (χ0) is 15.4. The van der Waals surface area contributed by atoms with Gasteiger partial charge >= 0.3 is 5.97 Å². The Morgan fingerprint density at radius 2 is 2.18 bits per heavy atom. The number of fused-ring (bicyclic) bond motifs is 1. The maximum Gasteiger partial charge on any atom is 0.303 e. The van der Waals surface area contributed by atoms with Crippen molar-refractivity contribution >= 4 is 5.97 Å². The van der Waals surface area contributed by atoms with Crippen LogP contribution >= 0.6 is 0 Å². The van der Waals surface area contributed by atoms with Crippen molar-refractivity contribution < 1.29 is 19.0 Å². The van der Waals surface area contributed by atoms with Gasteiger partial charge in [-0.25, -0.2) is 4.98 Å². The van der Waals surface area contributed by atoms with Gasteiger partial charge in [-0.05, 0) is 5.56 Å². The van der Waals surface area contributed by atoms with E-state index in [9.17, 15) is 4.79 Å². The summed E-state index contributed by atoms with van der Waals surface area (Å²) in [4.78, 5) is 15.4. The second-order valence-corrected chi connectivity index (χ2v) is 5.07. The first-order valence-electron chi connectivity index (χ1n) is 7.19. The normalized spacial score (nSPS) is 16.3. The van der Waals surface area contributed by atoms with Crippen molar-refractivity contribution in [3.05, 3.63) is 53.7 Å². The van der Waals surface area contributed by atoms with Crippen LogP contribution in [-0.2, 0) is 16.1 Å². The van der Waals surface area contributed by atoms with E-state index in [-0.39, 0.29) is 12.1 Å². The van der Waals surface area contributed by atoms with E-state index in [1.165, 1.54) is 6.92 Å². The summed E-state index contributed by atoms with van der Waals surface area (Å²) in [5, 5.41) is 0. The highest BCUT2D eigenvalue weighted by atomic mass is 16.5. The number of esters is 1. The van der Waals surface area contributed by atoms with E-state index in [4.69, 9.17) is 14.2 Å². The van der Waals surface area contributed by atoms with Gasteiger partial charge in [-0.1, -0.05) is 30.3 Å². The van der Waals surface area contributed by atoms with E-state index in [1.807, 2.05) is 30.3 Å². The Kier molecular flexibility index (Phi) is 4.23. The van der Waals surface area contributed by atoms with Crippen LogP contribution in [-0.4, -0.2) is 17.6 Å². The Morgan fingerprint density at radius 1 is 1.36 bits per heavy atom. The number of carbonyl (C=O) groups is 1. The minimum Gasteiger partial charge on any atom is -0.491 e. The van der Waals surface area contributed by atoms with Crippen molar-refractivity contribution in [2.24, 2.45) is 0 Å².